The Morgan fingerprint density at radius 3 is 2.52 bits per heavy atom. The molecular weight excluding hydrogens is 392 g/mol. The third kappa shape index (κ3) is 4.92. The van der Waals surface area contributed by atoms with Gasteiger partial charge in [-0.15, -0.1) is 5.10 Å². The number of carbonyl (C=O) groups is 2. The Morgan fingerprint density at radius 2 is 1.94 bits per heavy atom. The topological polar surface area (TPSA) is 90.4 Å². The first-order chi connectivity index (χ1) is 14.7. The molecule has 3 rings (SSSR count). The number of carbonyl (C=O) groups excluding carboxylic acids is 2. The van der Waals surface area contributed by atoms with E-state index in [2.05, 4.69) is 12.0 Å². The first kappa shape index (κ1) is 22.8. The predicted octanol–water partition coefficient (Wildman–Crippen LogP) is 4.51. The Balaban J connectivity index is 2.04. The molecule has 0 radical (unpaired) electrons. The number of nitrogens with two attached hydrogens (primary N) is 1. The van der Waals surface area contributed by atoms with Crippen molar-refractivity contribution in [1.82, 2.24) is 9.78 Å². The van der Waals surface area contributed by atoms with E-state index in [0.717, 1.165) is 36.9 Å². The summed E-state index contributed by atoms with van der Waals surface area (Å²) in [4.78, 5) is 28.0. The number of aromatic nitrogens is 2. The van der Waals surface area contributed by atoms with Gasteiger partial charge in [0.25, 0.3) is 0 Å². The van der Waals surface area contributed by atoms with Crippen molar-refractivity contribution >= 4 is 23.4 Å². The van der Waals surface area contributed by atoms with Gasteiger partial charge < -0.3 is 10.5 Å². The number of hydrogen-bond donors (Lipinski definition) is 1. The highest BCUT2D eigenvalue weighted by Gasteiger charge is 2.34. The van der Waals surface area contributed by atoms with E-state index >= 15 is 0 Å². The molecule has 0 unspecified atom stereocenters. The fourth-order valence-corrected chi connectivity index (χ4v) is 4.11. The molecule has 2 aromatic rings. The van der Waals surface area contributed by atoms with Crippen LogP contribution in [0.2, 0.25) is 0 Å². The summed E-state index contributed by atoms with van der Waals surface area (Å²) in [6.45, 7) is 10.1. The van der Waals surface area contributed by atoms with Crippen LogP contribution in [0.25, 0.3) is 5.69 Å². The van der Waals surface area contributed by atoms with Crippen LogP contribution in [0.3, 0.4) is 0 Å². The minimum absolute atomic E-state index is 0.0288. The van der Waals surface area contributed by atoms with E-state index in [4.69, 9.17) is 10.5 Å². The van der Waals surface area contributed by atoms with Gasteiger partial charge in [-0.25, -0.2) is 9.48 Å². The zero-order chi connectivity index (χ0) is 22.7. The number of nitrogen functional groups attached to an aromatic ring is 1. The van der Waals surface area contributed by atoms with E-state index in [9.17, 15) is 9.59 Å². The van der Waals surface area contributed by atoms with Crippen molar-refractivity contribution in [3.8, 4) is 5.69 Å². The van der Waals surface area contributed by atoms with Gasteiger partial charge in [0.15, 0.2) is 5.82 Å². The van der Waals surface area contributed by atoms with Gasteiger partial charge in [-0.1, -0.05) is 13.0 Å². The van der Waals surface area contributed by atoms with Crippen LogP contribution in [0, 0.1) is 18.8 Å². The molecule has 0 saturated heterocycles. The summed E-state index contributed by atoms with van der Waals surface area (Å²) >= 11 is 0. The summed E-state index contributed by atoms with van der Waals surface area (Å²) in [5, 5.41) is 4.67. The second kappa shape index (κ2) is 9.54. The Hall–Kier alpha value is -2.83. The number of rotatable bonds is 6. The maximum absolute atomic E-state index is 13.5. The molecule has 168 valence electrons. The van der Waals surface area contributed by atoms with Crippen LogP contribution in [0.1, 0.15) is 69.3 Å². The lowest BCUT2D eigenvalue weighted by atomic mass is 9.82. The van der Waals surface area contributed by atoms with Crippen molar-refractivity contribution in [2.24, 2.45) is 11.8 Å². The zero-order valence-corrected chi connectivity index (χ0v) is 19.2. The number of hydrogen-bond acceptors (Lipinski definition) is 5. The monoisotopic (exact) mass is 426 g/mol. The summed E-state index contributed by atoms with van der Waals surface area (Å²) in [5.41, 5.74) is 8.69. The normalized spacial score (nSPS) is 18.8. The fourth-order valence-electron chi connectivity index (χ4n) is 4.11. The summed E-state index contributed by atoms with van der Waals surface area (Å²) in [5.74, 6) is 0.489. The van der Waals surface area contributed by atoms with Crippen molar-refractivity contribution in [2.45, 2.75) is 66.3 Å². The third-order valence-corrected chi connectivity index (χ3v) is 6.06. The number of nitrogens with zero attached hydrogens (tertiary/aromatic N) is 3. The number of esters is 1. The van der Waals surface area contributed by atoms with E-state index in [1.165, 1.54) is 0 Å². The standard InChI is InChI=1S/C24H34N4O3/c1-6-31-24(30)20-14-27(19-12-9-17(5)21(25)13-19)26-22(20)28(15(2)3)23(29)18-10-7-16(4)8-11-18/h9,12-16,18H,6-8,10-11,25H2,1-5H3/t16-,18-. The number of aryl methyl sites for hydroxylation is 1. The summed E-state index contributed by atoms with van der Waals surface area (Å²) in [6, 6.07) is 5.46. The van der Waals surface area contributed by atoms with E-state index in [-0.39, 0.29) is 30.0 Å². The maximum atomic E-state index is 13.5. The van der Waals surface area contributed by atoms with E-state index in [0.29, 0.717) is 17.4 Å². The zero-order valence-electron chi connectivity index (χ0n) is 19.2. The van der Waals surface area contributed by atoms with Gasteiger partial charge in [0.2, 0.25) is 5.91 Å². The lowest BCUT2D eigenvalue weighted by Gasteiger charge is -2.32. The molecule has 1 aliphatic carbocycles. The minimum atomic E-state index is -0.487. The van der Waals surface area contributed by atoms with Gasteiger partial charge >= 0.3 is 5.97 Å². The molecule has 1 heterocycles. The molecule has 1 aliphatic rings. The molecule has 1 fully saturated rings. The molecule has 7 nitrogen and oxygen atoms in total. The number of ether oxygens (including phenoxy) is 1. The minimum Gasteiger partial charge on any atom is -0.462 e. The second-order valence-corrected chi connectivity index (χ2v) is 8.83. The molecule has 1 aromatic heterocycles. The molecule has 7 heteroatoms. The van der Waals surface area contributed by atoms with Crippen molar-refractivity contribution in [3.63, 3.8) is 0 Å². The first-order valence-corrected chi connectivity index (χ1v) is 11.2. The lowest BCUT2D eigenvalue weighted by molar-refractivity contribution is -0.123. The van der Waals surface area contributed by atoms with Crippen LogP contribution in [-0.2, 0) is 9.53 Å². The van der Waals surface area contributed by atoms with Crippen molar-refractivity contribution < 1.29 is 14.3 Å². The quantitative estimate of drug-likeness (QED) is 0.542. The molecule has 31 heavy (non-hydrogen) atoms. The smallest absolute Gasteiger partial charge is 0.343 e. The highest BCUT2D eigenvalue weighted by atomic mass is 16.5. The third-order valence-electron chi connectivity index (χ3n) is 6.06. The molecule has 1 aromatic carbocycles. The largest absolute Gasteiger partial charge is 0.462 e. The van der Waals surface area contributed by atoms with E-state index < -0.39 is 5.97 Å². The first-order valence-electron chi connectivity index (χ1n) is 11.2. The Labute approximate surface area is 184 Å². The SMILES string of the molecule is CCOC(=O)c1cn(-c2ccc(C)c(N)c2)nc1N(C(=O)[C@H]1CC[C@H](C)CC1)C(C)C. The predicted molar refractivity (Wildman–Crippen MR) is 122 cm³/mol. The van der Waals surface area contributed by atoms with Gasteiger partial charge in [0, 0.05) is 23.8 Å². The van der Waals surface area contributed by atoms with Crippen LogP contribution in [-0.4, -0.2) is 34.3 Å². The Kier molecular flexibility index (Phi) is 7.03. The average Bonchev–Trinajstić information content (AvgIpc) is 3.15. The lowest BCUT2D eigenvalue weighted by Crippen LogP contribution is -2.43. The maximum Gasteiger partial charge on any atom is 0.343 e. The summed E-state index contributed by atoms with van der Waals surface area (Å²) in [6.07, 6.45) is 5.46. The van der Waals surface area contributed by atoms with E-state index in [1.54, 1.807) is 22.7 Å². The Morgan fingerprint density at radius 1 is 1.26 bits per heavy atom. The highest BCUT2D eigenvalue weighted by molar-refractivity contribution is 6.02. The molecular formula is C24H34N4O3. The van der Waals surface area contributed by atoms with Crippen LogP contribution >= 0.6 is 0 Å². The molecule has 1 saturated carbocycles. The van der Waals surface area contributed by atoms with Crippen molar-refractivity contribution in [2.75, 3.05) is 17.2 Å². The summed E-state index contributed by atoms with van der Waals surface area (Å²) in [7, 11) is 0. The van der Waals surface area contributed by atoms with Crippen LogP contribution in [0.5, 0.6) is 0 Å². The van der Waals surface area contributed by atoms with Crippen LogP contribution < -0.4 is 10.6 Å². The van der Waals surface area contributed by atoms with Gasteiger partial charge in [-0.05, 0) is 77.0 Å². The fraction of sp³-hybridized carbons (Fsp3) is 0.542. The van der Waals surface area contributed by atoms with Crippen LogP contribution in [0.15, 0.2) is 24.4 Å². The van der Waals surface area contributed by atoms with E-state index in [1.807, 2.05) is 39.0 Å². The van der Waals surface area contributed by atoms with Gasteiger partial charge in [-0.3, -0.25) is 9.69 Å². The second-order valence-electron chi connectivity index (χ2n) is 8.83. The molecule has 0 bridgehead atoms. The van der Waals surface area contributed by atoms with Gasteiger partial charge in [0.1, 0.15) is 5.56 Å². The molecule has 2 N–H and O–H groups in total. The highest BCUT2D eigenvalue weighted by Crippen LogP contribution is 2.33. The average molecular weight is 427 g/mol. The number of amides is 1. The van der Waals surface area contributed by atoms with Crippen molar-refractivity contribution in [3.05, 3.63) is 35.5 Å². The Bertz CT molecular complexity index is 942. The van der Waals surface area contributed by atoms with Crippen molar-refractivity contribution in [1.29, 1.82) is 0 Å². The van der Waals surface area contributed by atoms with Gasteiger partial charge in [0.05, 0.1) is 12.3 Å². The number of anilines is 2. The number of benzene rings is 1. The van der Waals surface area contributed by atoms with Gasteiger partial charge in [-0.2, -0.15) is 0 Å². The molecule has 0 atom stereocenters. The molecule has 0 spiro atoms. The molecule has 1 amide bonds. The van der Waals surface area contributed by atoms with Crippen LogP contribution in [0.4, 0.5) is 11.5 Å². The molecule has 0 aliphatic heterocycles. The summed E-state index contributed by atoms with van der Waals surface area (Å²) < 4.78 is 6.88.